The molecule has 9 heteroatoms. The fourth-order valence-corrected chi connectivity index (χ4v) is 2.92. The zero-order valence-corrected chi connectivity index (χ0v) is 11.3. The lowest BCUT2D eigenvalue weighted by Crippen LogP contribution is -2.45. The van der Waals surface area contributed by atoms with Gasteiger partial charge in [-0.3, -0.25) is 0 Å². The van der Waals surface area contributed by atoms with E-state index >= 15 is 0 Å². The summed E-state index contributed by atoms with van der Waals surface area (Å²) in [7, 11) is -2.68. The summed E-state index contributed by atoms with van der Waals surface area (Å²) in [6.45, 7) is 3.44. The number of hydrogen-bond donors (Lipinski definition) is 2. The maximum absolute atomic E-state index is 11.8. The molecule has 0 aromatic rings. The Labute approximate surface area is 107 Å². The minimum Gasteiger partial charge on any atom is -0.452 e. The van der Waals surface area contributed by atoms with Crippen LogP contribution in [0.15, 0.2) is 0 Å². The van der Waals surface area contributed by atoms with E-state index in [0.29, 0.717) is 32.6 Å². The number of hydrogen-bond acceptors (Lipinski definition) is 6. The number of methoxy groups -OCH3 is 1. The van der Waals surface area contributed by atoms with Crippen molar-refractivity contribution in [2.24, 2.45) is 5.73 Å². The minimum absolute atomic E-state index is 0.340. The van der Waals surface area contributed by atoms with Crippen molar-refractivity contribution in [3.05, 3.63) is 0 Å². The lowest BCUT2D eigenvalue weighted by molar-refractivity contribution is 0.177. The first-order valence-corrected chi connectivity index (χ1v) is 7.22. The van der Waals surface area contributed by atoms with Crippen molar-refractivity contribution in [3.63, 3.8) is 0 Å². The molecule has 1 heterocycles. The SMILES string of the molecule is COC(=O)NS(=O)(=O)N1CCCN(CCN)CC1. The Balaban J connectivity index is 2.59. The first-order chi connectivity index (χ1) is 8.49. The van der Waals surface area contributed by atoms with Crippen molar-refractivity contribution >= 4 is 16.3 Å². The standard InChI is InChI=1S/C9H20N4O4S/c1-17-9(14)11-18(15,16)13-5-2-4-12(6-3-10)7-8-13/h2-8,10H2,1H3,(H,11,14). The molecule has 8 nitrogen and oxygen atoms in total. The average molecular weight is 280 g/mol. The second kappa shape index (κ2) is 6.88. The van der Waals surface area contributed by atoms with Crippen molar-refractivity contribution < 1.29 is 17.9 Å². The monoisotopic (exact) mass is 280 g/mol. The van der Waals surface area contributed by atoms with Gasteiger partial charge in [0.2, 0.25) is 0 Å². The third-order valence-electron chi connectivity index (χ3n) is 2.73. The predicted molar refractivity (Wildman–Crippen MR) is 66.1 cm³/mol. The van der Waals surface area contributed by atoms with Crippen LogP contribution in [-0.2, 0) is 14.9 Å². The topological polar surface area (TPSA) is 105 Å². The van der Waals surface area contributed by atoms with E-state index in [1.807, 2.05) is 4.72 Å². The molecule has 3 N–H and O–H groups in total. The van der Waals surface area contributed by atoms with Gasteiger partial charge in [0.25, 0.3) is 0 Å². The van der Waals surface area contributed by atoms with Gasteiger partial charge in [0, 0.05) is 32.7 Å². The second-order valence-electron chi connectivity index (χ2n) is 3.98. The molecule has 0 aromatic heterocycles. The van der Waals surface area contributed by atoms with Gasteiger partial charge in [-0.25, -0.2) is 9.52 Å². The Kier molecular flexibility index (Phi) is 5.79. The van der Waals surface area contributed by atoms with E-state index < -0.39 is 16.3 Å². The van der Waals surface area contributed by atoms with Gasteiger partial charge in [0.05, 0.1) is 7.11 Å². The van der Waals surface area contributed by atoms with Crippen LogP contribution in [-0.4, -0.2) is 70.1 Å². The molecule has 18 heavy (non-hydrogen) atoms. The molecule has 1 amide bonds. The Hall–Kier alpha value is -0.900. The van der Waals surface area contributed by atoms with Gasteiger partial charge in [0.15, 0.2) is 0 Å². The van der Waals surface area contributed by atoms with Crippen LogP contribution in [0.3, 0.4) is 0 Å². The molecule has 0 spiro atoms. The summed E-state index contributed by atoms with van der Waals surface area (Å²) in [4.78, 5) is 13.1. The summed E-state index contributed by atoms with van der Waals surface area (Å²) >= 11 is 0. The van der Waals surface area contributed by atoms with Gasteiger partial charge in [-0.1, -0.05) is 0 Å². The molecule has 1 saturated heterocycles. The summed E-state index contributed by atoms with van der Waals surface area (Å²) in [6.07, 6.45) is -0.264. The van der Waals surface area contributed by atoms with Crippen LogP contribution in [0.2, 0.25) is 0 Å². The summed E-state index contributed by atoms with van der Waals surface area (Å²) in [5.41, 5.74) is 5.47. The number of carbonyl (C=O) groups is 1. The first-order valence-electron chi connectivity index (χ1n) is 5.78. The van der Waals surface area contributed by atoms with Crippen molar-refractivity contribution in [3.8, 4) is 0 Å². The summed E-state index contributed by atoms with van der Waals surface area (Å²) in [6, 6.07) is 0. The van der Waals surface area contributed by atoms with E-state index in [9.17, 15) is 13.2 Å². The second-order valence-corrected chi connectivity index (χ2v) is 5.65. The fraction of sp³-hybridized carbons (Fsp3) is 0.889. The minimum atomic E-state index is -3.81. The van der Waals surface area contributed by atoms with Gasteiger partial charge >= 0.3 is 16.3 Å². The molecule has 0 unspecified atom stereocenters. The third-order valence-corrected chi connectivity index (χ3v) is 4.20. The number of carbonyl (C=O) groups excluding carboxylic acids is 1. The summed E-state index contributed by atoms with van der Waals surface area (Å²) < 4.78 is 31.1. The Morgan fingerprint density at radius 3 is 2.67 bits per heavy atom. The maximum atomic E-state index is 11.8. The van der Waals surface area contributed by atoms with Crippen LogP contribution in [0.25, 0.3) is 0 Å². The van der Waals surface area contributed by atoms with E-state index in [0.717, 1.165) is 20.2 Å². The average Bonchev–Trinajstić information content (AvgIpc) is 2.55. The van der Waals surface area contributed by atoms with Crippen molar-refractivity contribution in [2.75, 3.05) is 46.4 Å². The molecular weight excluding hydrogens is 260 g/mol. The highest BCUT2D eigenvalue weighted by molar-refractivity contribution is 7.87. The molecular formula is C9H20N4O4S. The number of amides is 1. The maximum Gasteiger partial charge on any atom is 0.421 e. The van der Waals surface area contributed by atoms with Gasteiger partial charge < -0.3 is 15.4 Å². The summed E-state index contributed by atoms with van der Waals surface area (Å²) in [5, 5.41) is 0. The van der Waals surface area contributed by atoms with E-state index in [1.54, 1.807) is 0 Å². The molecule has 1 aliphatic heterocycles. The molecule has 0 bridgehead atoms. The number of nitrogens with one attached hydrogen (secondary N) is 1. The fourth-order valence-electron chi connectivity index (χ4n) is 1.81. The van der Waals surface area contributed by atoms with Gasteiger partial charge in [-0.05, 0) is 13.0 Å². The molecule has 1 aliphatic rings. The van der Waals surface area contributed by atoms with Crippen LogP contribution < -0.4 is 10.5 Å². The molecule has 0 atom stereocenters. The Morgan fingerprint density at radius 2 is 2.06 bits per heavy atom. The zero-order chi connectivity index (χ0) is 13.6. The highest BCUT2D eigenvalue weighted by atomic mass is 32.2. The third kappa shape index (κ3) is 4.41. The van der Waals surface area contributed by atoms with Crippen LogP contribution in [0, 0.1) is 0 Å². The molecule has 1 rings (SSSR count). The number of nitrogens with zero attached hydrogens (tertiary/aromatic N) is 2. The van der Waals surface area contributed by atoms with Crippen molar-refractivity contribution in [1.82, 2.24) is 13.9 Å². The predicted octanol–water partition coefficient (Wildman–Crippen LogP) is -1.45. The first kappa shape index (κ1) is 15.2. The van der Waals surface area contributed by atoms with Crippen molar-refractivity contribution in [1.29, 1.82) is 0 Å². The highest BCUT2D eigenvalue weighted by Crippen LogP contribution is 2.06. The van der Waals surface area contributed by atoms with E-state index in [4.69, 9.17) is 5.73 Å². The Morgan fingerprint density at radius 1 is 1.33 bits per heavy atom. The lowest BCUT2D eigenvalue weighted by atomic mass is 10.4. The highest BCUT2D eigenvalue weighted by Gasteiger charge is 2.26. The number of ether oxygens (including phenoxy) is 1. The molecule has 0 aliphatic carbocycles. The smallest absolute Gasteiger partial charge is 0.421 e. The normalized spacial score (nSPS) is 19.2. The van der Waals surface area contributed by atoms with Crippen LogP contribution in [0.4, 0.5) is 4.79 Å². The molecule has 0 radical (unpaired) electrons. The van der Waals surface area contributed by atoms with Gasteiger partial charge in [0.1, 0.15) is 0 Å². The quantitative estimate of drug-likeness (QED) is 0.653. The van der Waals surface area contributed by atoms with E-state index in [2.05, 4.69) is 9.64 Å². The summed E-state index contributed by atoms with van der Waals surface area (Å²) in [5.74, 6) is 0. The van der Waals surface area contributed by atoms with Crippen molar-refractivity contribution in [2.45, 2.75) is 6.42 Å². The van der Waals surface area contributed by atoms with Crippen LogP contribution in [0.1, 0.15) is 6.42 Å². The van der Waals surface area contributed by atoms with Gasteiger partial charge in [-0.2, -0.15) is 12.7 Å². The molecule has 1 fully saturated rings. The van der Waals surface area contributed by atoms with E-state index in [-0.39, 0.29) is 0 Å². The molecule has 0 aromatic carbocycles. The zero-order valence-electron chi connectivity index (χ0n) is 10.5. The van der Waals surface area contributed by atoms with Crippen LogP contribution >= 0.6 is 0 Å². The number of nitrogens with two attached hydrogens (primary N) is 1. The number of rotatable bonds is 4. The lowest BCUT2D eigenvalue weighted by Gasteiger charge is -2.20. The van der Waals surface area contributed by atoms with Crippen LogP contribution in [0.5, 0.6) is 0 Å². The Bertz CT molecular complexity index is 373. The van der Waals surface area contributed by atoms with Gasteiger partial charge in [-0.15, -0.1) is 0 Å². The molecule has 106 valence electrons. The largest absolute Gasteiger partial charge is 0.452 e. The molecule has 0 saturated carbocycles. The van der Waals surface area contributed by atoms with E-state index in [1.165, 1.54) is 4.31 Å².